The molecule has 0 radical (unpaired) electrons. The number of nitrogens with one attached hydrogen (secondary N) is 1. The maximum Gasteiger partial charge on any atom is 0.410 e. The van der Waals surface area contributed by atoms with Gasteiger partial charge in [0.25, 0.3) is 0 Å². The minimum Gasteiger partial charge on any atom is -0.457 e. The Morgan fingerprint density at radius 2 is 1.87 bits per heavy atom. The molecule has 0 saturated carbocycles. The first-order valence-corrected chi connectivity index (χ1v) is 10.1. The summed E-state index contributed by atoms with van der Waals surface area (Å²) in [7, 11) is 0. The molecule has 1 aliphatic rings. The van der Waals surface area contributed by atoms with Crippen LogP contribution in [0.3, 0.4) is 0 Å². The predicted molar refractivity (Wildman–Crippen MR) is 114 cm³/mol. The standard InChI is InChI=1S/C24H26N2O4/c1-24(2,3)30-23(28)26-12-11-21-19(14-26)18-13-17(9-10-20(18)25-21)22(27)29-15-16-7-5-4-6-8-16/h4-10,13,25H,11-12,14-15H2,1-3H3. The van der Waals surface area contributed by atoms with Crippen molar-refractivity contribution in [3.8, 4) is 0 Å². The van der Waals surface area contributed by atoms with Crippen LogP contribution >= 0.6 is 0 Å². The summed E-state index contributed by atoms with van der Waals surface area (Å²) in [6.45, 7) is 6.86. The summed E-state index contributed by atoms with van der Waals surface area (Å²) >= 11 is 0. The lowest BCUT2D eigenvalue weighted by molar-refractivity contribution is 0.0224. The molecule has 3 aromatic rings. The molecule has 2 aromatic carbocycles. The first-order valence-electron chi connectivity index (χ1n) is 10.1. The first kappa shape index (κ1) is 20.0. The quantitative estimate of drug-likeness (QED) is 0.633. The van der Waals surface area contributed by atoms with E-state index in [4.69, 9.17) is 9.47 Å². The molecule has 0 atom stereocenters. The van der Waals surface area contributed by atoms with Gasteiger partial charge in [0.1, 0.15) is 12.2 Å². The highest BCUT2D eigenvalue weighted by atomic mass is 16.6. The number of amides is 1. The van der Waals surface area contributed by atoms with E-state index in [1.165, 1.54) is 0 Å². The van der Waals surface area contributed by atoms with Gasteiger partial charge in [-0.3, -0.25) is 0 Å². The van der Waals surface area contributed by atoms with Gasteiger partial charge in [-0.25, -0.2) is 9.59 Å². The Hall–Kier alpha value is -3.28. The van der Waals surface area contributed by atoms with Crippen LogP contribution in [0.2, 0.25) is 0 Å². The number of hydrogen-bond donors (Lipinski definition) is 1. The zero-order valence-corrected chi connectivity index (χ0v) is 17.5. The SMILES string of the molecule is CC(C)(C)OC(=O)N1CCc2[nH]c3ccc(C(=O)OCc4ccccc4)cc3c2C1. The zero-order valence-electron chi connectivity index (χ0n) is 17.5. The molecular weight excluding hydrogens is 380 g/mol. The monoisotopic (exact) mass is 406 g/mol. The molecule has 2 heterocycles. The van der Waals surface area contributed by atoms with Crippen LogP contribution < -0.4 is 0 Å². The maximum atomic E-state index is 12.6. The van der Waals surface area contributed by atoms with Gasteiger partial charge in [0.15, 0.2) is 0 Å². The minimum absolute atomic E-state index is 0.232. The molecule has 0 spiro atoms. The van der Waals surface area contributed by atoms with Crippen molar-refractivity contribution in [1.82, 2.24) is 9.88 Å². The molecule has 0 saturated heterocycles. The van der Waals surface area contributed by atoms with Gasteiger partial charge in [0.2, 0.25) is 0 Å². The number of carbonyl (C=O) groups is 2. The second-order valence-electron chi connectivity index (χ2n) is 8.56. The lowest BCUT2D eigenvalue weighted by atomic mass is 10.0. The maximum absolute atomic E-state index is 12.6. The molecule has 0 fully saturated rings. The summed E-state index contributed by atoms with van der Waals surface area (Å²) in [4.78, 5) is 30.2. The van der Waals surface area contributed by atoms with Crippen molar-refractivity contribution < 1.29 is 19.1 Å². The van der Waals surface area contributed by atoms with Crippen LogP contribution in [0.15, 0.2) is 48.5 Å². The van der Waals surface area contributed by atoms with Crippen molar-refractivity contribution in [2.75, 3.05) is 6.54 Å². The van der Waals surface area contributed by atoms with E-state index in [-0.39, 0.29) is 18.7 Å². The topological polar surface area (TPSA) is 71.6 Å². The van der Waals surface area contributed by atoms with Crippen LogP contribution in [0, 0.1) is 0 Å². The molecule has 0 aliphatic carbocycles. The lowest BCUT2D eigenvalue weighted by Gasteiger charge is -2.30. The molecule has 1 aliphatic heterocycles. The number of aromatic amines is 1. The number of carbonyl (C=O) groups excluding carboxylic acids is 2. The van der Waals surface area contributed by atoms with E-state index in [9.17, 15) is 9.59 Å². The van der Waals surface area contributed by atoms with Gasteiger partial charge in [-0.2, -0.15) is 0 Å². The van der Waals surface area contributed by atoms with Crippen molar-refractivity contribution >= 4 is 23.0 Å². The predicted octanol–water partition coefficient (Wildman–Crippen LogP) is 4.82. The fourth-order valence-corrected chi connectivity index (χ4v) is 3.63. The average molecular weight is 406 g/mol. The molecule has 30 heavy (non-hydrogen) atoms. The molecule has 1 aromatic heterocycles. The Kier molecular flexibility index (Phi) is 5.24. The van der Waals surface area contributed by atoms with Crippen LogP contribution in [-0.2, 0) is 29.0 Å². The van der Waals surface area contributed by atoms with E-state index in [1.54, 1.807) is 11.0 Å². The summed E-state index contributed by atoms with van der Waals surface area (Å²) in [5.41, 5.74) is 3.98. The van der Waals surface area contributed by atoms with Crippen LogP contribution in [0.5, 0.6) is 0 Å². The second-order valence-corrected chi connectivity index (χ2v) is 8.56. The number of rotatable bonds is 3. The highest BCUT2D eigenvalue weighted by Crippen LogP contribution is 2.29. The third-order valence-corrected chi connectivity index (χ3v) is 5.08. The lowest BCUT2D eigenvalue weighted by Crippen LogP contribution is -2.39. The Morgan fingerprint density at radius 1 is 1.10 bits per heavy atom. The van der Waals surface area contributed by atoms with E-state index in [0.29, 0.717) is 18.7 Å². The van der Waals surface area contributed by atoms with Crippen molar-refractivity contribution in [3.63, 3.8) is 0 Å². The van der Waals surface area contributed by atoms with E-state index in [1.807, 2.05) is 63.2 Å². The van der Waals surface area contributed by atoms with Gasteiger partial charge in [-0.05, 0) is 44.5 Å². The molecule has 156 valence electrons. The molecule has 4 rings (SSSR count). The van der Waals surface area contributed by atoms with E-state index in [2.05, 4.69) is 4.98 Å². The number of aromatic nitrogens is 1. The Bertz CT molecular complexity index is 1080. The van der Waals surface area contributed by atoms with E-state index >= 15 is 0 Å². The summed E-state index contributed by atoms with van der Waals surface area (Å²) in [5.74, 6) is -0.365. The molecule has 0 bridgehead atoms. The first-order chi connectivity index (χ1) is 14.3. The molecular formula is C24H26N2O4. The summed E-state index contributed by atoms with van der Waals surface area (Å²) in [5, 5.41) is 0.937. The highest BCUT2D eigenvalue weighted by Gasteiger charge is 2.28. The van der Waals surface area contributed by atoms with E-state index < -0.39 is 5.60 Å². The Morgan fingerprint density at radius 3 is 2.60 bits per heavy atom. The van der Waals surface area contributed by atoms with Crippen LogP contribution in [0.1, 0.15) is 48.0 Å². The van der Waals surface area contributed by atoms with Crippen LogP contribution in [0.4, 0.5) is 4.79 Å². The third kappa shape index (κ3) is 4.32. The minimum atomic E-state index is -0.534. The van der Waals surface area contributed by atoms with Crippen LogP contribution in [-0.4, -0.2) is 34.1 Å². The van der Waals surface area contributed by atoms with Gasteiger partial charge < -0.3 is 19.4 Å². The number of esters is 1. The third-order valence-electron chi connectivity index (χ3n) is 5.08. The largest absolute Gasteiger partial charge is 0.457 e. The number of ether oxygens (including phenoxy) is 2. The number of nitrogens with zero attached hydrogens (tertiary/aromatic N) is 1. The normalized spacial score (nSPS) is 13.8. The number of benzene rings is 2. The molecule has 1 amide bonds. The average Bonchev–Trinajstić information content (AvgIpc) is 3.08. The summed E-state index contributed by atoms with van der Waals surface area (Å²) < 4.78 is 11.0. The van der Waals surface area contributed by atoms with Gasteiger partial charge in [0.05, 0.1) is 12.1 Å². The van der Waals surface area contributed by atoms with Crippen molar-refractivity contribution in [1.29, 1.82) is 0 Å². The summed E-state index contributed by atoms with van der Waals surface area (Å²) in [6.07, 6.45) is 0.401. The Balaban J connectivity index is 1.53. The number of hydrogen-bond acceptors (Lipinski definition) is 4. The van der Waals surface area contributed by atoms with Crippen molar-refractivity contribution in [2.45, 2.75) is 45.9 Å². The van der Waals surface area contributed by atoms with Crippen LogP contribution in [0.25, 0.3) is 10.9 Å². The Labute approximate surface area is 175 Å². The zero-order chi connectivity index (χ0) is 21.3. The number of H-pyrrole nitrogens is 1. The summed E-state index contributed by atoms with van der Waals surface area (Å²) in [6, 6.07) is 15.1. The van der Waals surface area contributed by atoms with Gasteiger partial charge in [-0.1, -0.05) is 30.3 Å². The smallest absolute Gasteiger partial charge is 0.410 e. The van der Waals surface area contributed by atoms with Gasteiger partial charge in [-0.15, -0.1) is 0 Å². The van der Waals surface area contributed by atoms with Gasteiger partial charge >= 0.3 is 12.1 Å². The number of fused-ring (bicyclic) bond motifs is 3. The van der Waals surface area contributed by atoms with Crippen molar-refractivity contribution in [3.05, 3.63) is 70.9 Å². The molecule has 6 nitrogen and oxygen atoms in total. The van der Waals surface area contributed by atoms with Gasteiger partial charge in [0, 0.05) is 35.1 Å². The highest BCUT2D eigenvalue weighted by molar-refractivity contribution is 5.96. The molecule has 1 N–H and O–H groups in total. The molecule has 0 unspecified atom stereocenters. The second kappa shape index (κ2) is 7.86. The van der Waals surface area contributed by atoms with Crippen molar-refractivity contribution in [2.24, 2.45) is 0 Å². The fraction of sp³-hybridized carbons (Fsp3) is 0.333. The molecule has 6 heteroatoms. The fourth-order valence-electron chi connectivity index (χ4n) is 3.63. The van der Waals surface area contributed by atoms with E-state index in [0.717, 1.165) is 34.1 Å².